The predicted octanol–water partition coefficient (Wildman–Crippen LogP) is -1.07. The first kappa shape index (κ1) is 8.49. The molecule has 0 saturated carbocycles. The van der Waals surface area contributed by atoms with Gasteiger partial charge in [-0.3, -0.25) is 9.69 Å². The van der Waals surface area contributed by atoms with Crippen LogP contribution in [0.3, 0.4) is 0 Å². The smallest absolute Gasteiger partial charge is 0.231 e. The van der Waals surface area contributed by atoms with E-state index in [-0.39, 0.29) is 25.1 Å². The van der Waals surface area contributed by atoms with Crippen molar-refractivity contribution in [1.29, 1.82) is 0 Å². The summed E-state index contributed by atoms with van der Waals surface area (Å²) >= 11 is 0. The number of rotatable bonds is 3. The van der Waals surface area contributed by atoms with Gasteiger partial charge in [-0.05, 0) is 19.4 Å². The van der Waals surface area contributed by atoms with Gasteiger partial charge < -0.3 is 10.8 Å². The van der Waals surface area contributed by atoms with E-state index in [2.05, 4.69) is 0 Å². The van der Waals surface area contributed by atoms with Crippen molar-refractivity contribution in [3.8, 4) is 0 Å². The van der Waals surface area contributed by atoms with Gasteiger partial charge in [0.05, 0.1) is 13.2 Å². The lowest BCUT2D eigenvalue weighted by atomic mass is 10.2. The lowest BCUT2D eigenvalue weighted by Crippen LogP contribution is -2.38. The number of carbonyl (C=O) groups is 1. The molecule has 1 atom stereocenters. The molecule has 1 heterocycles. The predicted molar refractivity (Wildman–Crippen MR) is 40.9 cm³/mol. The van der Waals surface area contributed by atoms with E-state index in [1.54, 1.807) is 0 Å². The van der Waals surface area contributed by atoms with E-state index in [1.807, 2.05) is 4.90 Å². The van der Waals surface area contributed by atoms with Crippen molar-refractivity contribution in [2.45, 2.75) is 18.9 Å². The Bertz CT molecular complexity index is 149. The van der Waals surface area contributed by atoms with Crippen molar-refractivity contribution < 1.29 is 9.90 Å². The van der Waals surface area contributed by atoms with Crippen molar-refractivity contribution >= 4 is 5.91 Å². The normalized spacial score (nSPS) is 25.7. The van der Waals surface area contributed by atoms with Crippen LogP contribution in [0, 0.1) is 0 Å². The Labute approximate surface area is 66.0 Å². The van der Waals surface area contributed by atoms with Gasteiger partial charge >= 0.3 is 0 Å². The summed E-state index contributed by atoms with van der Waals surface area (Å²) in [5, 5.41) is 8.86. The Morgan fingerprint density at radius 1 is 1.73 bits per heavy atom. The van der Waals surface area contributed by atoms with Crippen LogP contribution in [0.2, 0.25) is 0 Å². The molecule has 0 radical (unpaired) electrons. The molecule has 1 rings (SSSR count). The number of hydrogen-bond acceptors (Lipinski definition) is 3. The molecule has 4 heteroatoms. The van der Waals surface area contributed by atoms with Crippen molar-refractivity contribution in [3.63, 3.8) is 0 Å². The van der Waals surface area contributed by atoms with Crippen LogP contribution < -0.4 is 5.73 Å². The average Bonchev–Trinajstić information content (AvgIpc) is 2.34. The fourth-order valence-electron chi connectivity index (χ4n) is 1.51. The van der Waals surface area contributed by atoms with Gasteiger partial charge in [0.2, 0.25) is 5.91 Å². The van der Waals surface area contributed by atoms with E-state index in [1.165, 1.54) is 0 Å². The standard InChI is InChI=1S/C7H14N2O2/c8-7(11)4-9-3-1-2-6(9)5-10/h6,10H,1-5H2,(H2,8,11). The lowest BCUT2D eigenvalue weighted by Gasteiger charge is -2.20. The number of carbonyl (C=O) groups excluding carboxylic acids is 1. The number of aliphatic hydroxyl groups is 1. The molecule has 0 bridgehead atoms. The second-order valence-electron chi connectivity index (χ2n) is 2.92. The maximum Gasteiger partial charge on any atom is 0.231 e. The number of amides is 1. The van der Waals surface area contributed by atoms with Gasteiger partial charge in [0.1, 0.15) is 0 Å². The van der Waals surface area contributed by atoms with Crippen molar-refractivity contribution in [3.05, 3.63) is 0 Å². The Balaban J connectivity index is 2.37. The molecule has 1 saturated heterocycles. The van der Waals surface area contributed by atoms with E-state index < -0.39 is 0 Å². The number of hydrogen-bond donors (Lipinski definition) is 2. The van der Waals surface area contributed by atoms with E-state index >= 15 is 0 Å². The number of nitrogens with zero attached hydrogens (tertiary/aromatic N) is 1. The minimum absolute atomic E-state index is 0.132. The monoisotopic (exact) mass is 158 g/mol. The number of nitrogens with two attached hydrogens (primary N) is 1. The fraction of sp³-hybridized carbons (Fsp3) is 0.857. The first-order valence-electron chi connectivity index (χ1n) is 3.87. The number of aliphatic hydroxyl groups excluding tert-OH is 1. The Morgan fingerprint density at radius 2 is 2.45 bits per heavy atom. The van der Waals surface area contributed by atoms with Crippen molar-refractivity contribution in [2.75, 3.05) is 19.7 Å². The van der Waals surface area contributed by atoms with Gasteiger partial charge in [-0.15, -0.1) is 0 Å². The fourth-order valence-corrected chi connectivity index (χ4v) is 1.51. The van der Waals surface area contributed by atoms with Crippen LogP contribution in [-0.2, 0) is 4.79 Å². The molecule has 0 aliphatic carbocycles. The summed E-state index contributed by atoms with van der Waals surface area (Å²) in [7, 11) is 0. The molecule has 1 aliphatic rings. The topological polar surface area (TPSA) is 66.6 Å². The first-order valence-corrected chi connectivity index (χ1v) is 3.87. The van der Waals surface area contributed by atoms with E-state index in [0.29, 0.717) is 0 Å². The van der Waals surface area contributed by atoms with Gasteiger partial charge in [-0.2, -0.15) is 0 Å². The summed E-state index contributed by atoms with van der Waals surface area (Å²) in [6, 6.07) is 0.155. The number of primary amides is 1. The summed E-state index contributed by atoms with van der Waals surface area (Å²) in [6.45, 7) is 1.30. The Kier molecular flexibility index (Phi) is 2.84. The van der Waals surface area contributed by atoms with Crippen LogP contribution in [0.5, 0.6) is 0 Å². The molecule has 0 spiro atoms. The third-order valence-corrected chi connectivity index (χ3v) is 2.07. The lowest BCUT2D eigenvalue weighted by molar-refractivity contribution is -0.119. The zero-order valence-corrected chi connectivity index (χ0v) is 6.49. The minimum Gasteiger partial charge on any atom is -0.395 e. The third-order valence-electron chi connectivity index (χ3n) is 2.07. The van der Waals surface area contributed by atoms with E-state index in [9.17, 15) is 4.79 Å². The van der Waals surface area contributed by atoms with Gasteiger partial charge in [0.25, 0.3) is 0 Å². The highest BCUT2D eigenvalue weighted by atomic mass is 16.3. The van der Waals surface area contributed by atoms with Crippen LogP contribution in [0.15, 0.2) is 0 Å². The molecule has 0 aromatic rings. The highest BCUT2D eigenvalue weighted by Crippen LogP contribution is 2.15. The van der Waals surface area contributed by atoms with Crippen LogP contribution in [0.25, 0.3) is 0 Å². The Hall–Kier alpha value is -0.610. The molecule has 0 aromatic carbocycles. The highest BCUT2D eigenvalue weighted by Gasteiger charge is 2.24. The quantitative estimate of drug-likeness (QED) is 0.549. The second kappa shape index (κ2) is 3.69. The molecular formula is C7H14N2O2. The molecule has 1 aliphatic heterocycles. The average molecular weight is 158 g/mol. The zero-order chi connectivity index (χ0) is 8.27. The van der Waals surface area contributed by atoms with Crippen LogP contribution in [0.4, 0.5) is 0 Å². The van der Waals surface area contributed by atoms with Gasteiger partial charge in [-0.1, -0.05) is 0 Å². The highest BCUT2D eigenvalue weighted by molar-refractivity contribution is 5.76. The molecule has 0 aromatic heterocycles. The maximum atomic E-state index is 10.5. The third kappa shape index (κ3) is 2.17. The van der Waals surface area contributed by atoms with Gasteiger partial charge in [-0.25, -0.2) is 0 Å². The number of likely N-dealkylation sites (tertiary alicyclic amines) is 1. The first-order chi connectivity index (χ1) is 5.24. The van der Waals surface area contributed by atoms with Crippen molar-refractivity contribution in [1.82, 2.24) is 4.90 Å². The molecule has 1 unspecified atom stereocenters. The van der Waals surface area contributed by atoms with Crippen LogP contribution in [-0.4, -0.2) is 41.7 Å². The molecule has 11 heavy (non-hydrogen) atoms. The van der Waals surface area contributed by atoms with Gasteiger partial charge in [0.15, 0.2) is 0 Å². The molecule has 1 fully saturated rings. The summed E-state index contributed by atoms with van der Waals surface area (Å²) in [4.78, 5) is 12.4. The van der Waals surface area contributed by atoms with Crippen LogP contribution >= 0.6 is 0 Å². The molecule has 3 N–H and O–H groups in total. The molecule has 64 valence electrons. The molecular weight excluding hydrogens is 144 g/mol. The van der Waals surface area contributed by atoms with Crippen molar-refractivity contribution in [2.24, 2.45) is 5.73 Å². The maximum absolute atomic E-state index is 10.5. The second-order valence-corrected chi connectivity index (χ2v) is 2.92. The summed E-state index contributed by atoms with van der Waals surface area (Å²) in [5.74, 6) is -0.314. The summed E-state index contributed by atoms with van der Waals surface area (Å²) in [5.41, 5.74) is 5.03. The summed E-state index contributed by atoms with van der Waals surface area (Å²) < 4.78 is 0. The Morgan fingerprint density at radius 3 is 3.00 bits per heavy atom. The van der Waals surface area contributed by atoms with E-state index in [4.69, 9.17) is 10.8 Å². The molecule has 1 amide bonds. The van der Waals surface area contributed by atoms with E-state index in [0.717, 1.165) is 19.4 Å². The zero-order valence-electron chi connectivity index (χ0n) is 6.49. The largest absolute Gasteiger partial charge is 0.395 e. The SMILES string of the molecule is NC(=O)CN1CCCC1CO. The molecule has 4 nitrogen and oxygen atoms in total. The van der Waals surface area contributed by atoms with Gasteiger partial charge in [0, 0.05) is 6.04 Å². The minimum atomic E-state index is -0.314. The summed E-state index contributed by atoms with van der Waals surface area (Å²) in [6.07, 6.45) is 2.03. The van der Waals surface area contributed by atoms with Crippen LogP contribution in [0.1, 0.15) is 12.8 Å².